The first-order valence-corrected chi connectivity index (χ1v) is 6.71. The van der Waals surface area contributed by atoms with Gasteiger partial charge in [-0.3, -0.25) is 4.79 Å². The Labute approximate surface area is 94.8 Å². The van der Waals surface area contributed by atoms with E-state index in [4.69, 9.17) is 0 Å². The molecule has 0 amide bonds. The zero-order chi connectivity index (χ0) is 10.4. The molecule has 0 fully saturated rings. The second-order valence-electron chi connectivity index (χ2n) is 2.13. The predicted octanol–water partition coefficient (Wildman–Crippen LogP) is 1.92. The summed E-state index contributed by atoms with van der Waals surface area (Å²) in [6.45, 7) is 2.06. The Morgan fingerprint density at radius 2 is 2.07 bits per heavy atom. The molecule has 1 aromatic heterocycles. The number of esters is 1. The topological polar surface area (TPSA) is 52.1 Å². The van der Waals surface area contributed by atoms with Crippen molar-refractivity contribution >= 4 is 40.8 Å². The van der Waals surface area contributed by atoms with Crippen molar-refractivity contribution in [3.8, 4) is 0 Å². The highest BCUT2D eigenvalue weighted by Crippen LogP contribution is 2.28. The molecule has 4 nitrogen and oxygen atoms in total. The van der Waals surface area contributed by atoms with Crippen LogP contribution >= 0.6 is 34.9 Å². The molecular formula is C7H10N2O2S3. The van der Waals surface area contributed by atoms with Crippen molar-refractivity contribution in [2.75, 3.05) is 18.6 Å². The van der Waals surface area contributed by atoms with Crippen molar-refractivity contribution in [1.29, 1.82) is 0 Å². The van der Waals surface area contributed by atoms with Crippen LogP contribution in [0.15, 0.2) is 8.68 Å². The van der Waals surface area contributed by atoms with Gasteiger partial charge in [0, 0.05) is 0 Å². The van der Waals surface area contributed by atoms with Crippen LogP contribution in [0.2, 0.25) is 0 Å². The molecule has 0 radical (unpaired) electrons. The molecule has 14 heavy (non-hydrogen) atoms. The fourth-order valence-corrected chi connectivity index (χ4v) is 3.37. The summed E-state index contributed by atoms with van der Waals surface area (Å²) in [5.41, 5.74) is 0. The molecule has 1 rings (SSSR count). The van der Waals surface area contributed by atoms with Gasteiger partial charge in [-0.15, -0.1) is 10.2 Å². The maximum Gasteiger partial charge on any atom is 0.316 e. The number of aromatic nitrogens is 2. The van der Waals surface area contributed by atoms with E-state index < -0.39 is 0 Å². The first kappa shape index (κ1) is 11.8. The van der Waals surface area contributed by atoms with Crippen LogP contribution in [0.4, 0.5) is 0 Å². The van der Waals surface area contributed by atoms with E-state index in [1.54, 1.807) is 11.8 Å². The number of methoxy groups -OCH3 is 1. The molecule has 0 spiro atoms. The lowest BCUT2D eigenvalue weighted by Gasteiger charge is -1.94. The van der Waals surface area contributed by atoms with Crippen LogP contribution in [0.1, 0.15) is 6.92 Å². The van der Waals surface area contributed by atoms with Gasteiger partial charge in [-0.05, 0) is 5.75 Å². The van der Waals surface area contributed by atoms with Gasteiger partial charge in [0.05, 0.1) is 12.9 Å². The van der Waals surface area contributed by atoms with Crippen molar-refractivity contribution in [3.05, 3.63) is 0 Å². The molecule has 7 heteroatoms. The second-order valence-corrected chi connectivity index (χ2v) is 5.84. The van der Waals surface area contributed by atoms with Crippen LogP contribution in [0.5, 0.6) is 0 Å². The molecule has 0 aliphatic carbocycles. The summed E-state index contributed by atoms with van der Waals surface area (Å²) in [7, 11) is 1.38. The minimum Gasteiger partial charge on any atom is -0.468 e. The summed E-state index contributed by atoms with van der Waals surface area (Å²) in [5, 5.41) is 7.91. The molecular weight excluding hydrogens is 240 g/mol. The highest BCUT2D eigenvalue weighted by atomic mass is 32.2. The molecule has 0 saturated carbocycles. The zero-order valence-corrected chi connectivity index (χ0v) is 10.3. The molecule has 1 heterocycles. The number of hydrogen-bond acceptors (Lipinski definition) is 7. The van der Waals surface area contributed by atoms with Crippen LogP contribution in [0, 0.1) is 0 Å². The summed E-state index contributed by atoms with van der Waals surface area (Å²) in [5.74, 6) is 1.04. The minimum atomic E-state index is -0.241. The molecule has 0 aliphatic heterocycles. The average Bonchev–Trinajstić information content (AvgIpc) is 2.63. The fraction of sp³-hybridized carbons (Fsp3) is 0.571. The van der Waals surface area contributed by atoms with Crippen LogP contribution in [0.3, 0.4) is 0 Å². The number of nitrogens with zero attached hydrogens (tertiary/aromatic N) is 2. The Balaban J connectivity index is 2.39. The summed E-state index contributed by atoms with van der Waals surface area (Å²) in [4.78, 5) is 10.8. The number of hydrogen-bond donors (Lipinski definition) is 0. The van der Waals surface area contributed by atoms with E-state index in [9.17, 15) is 4.79 Å². The molecule has 0 aromatic carbocycles. The first-order valence-electron chi connectivity index (χ1n) is 3.92. The molecule has 0 N–H and O–H groups in total. The maximum absolute atomic E-state index is 10.8. The highest BCUT2D eigenvalue weighted by Gasteiger charge is 2.07. The van der Waals surface area contributed by atoms with E-state index in [-0.39, 0.29) is 5.97 Å². The second kappa shape index (κ2) is 6.26. The van der Waals surface area contributed by atoms with E-state index in [2.05, 4.69) is 21.9 Å². The molecule has 78 valence electrons. The van der Waals surface area contributed by atoms with Crippen molar-refractivity contribution in [2.45, 2.75) is 15.6 Å². The lowest BCUT2D eigenvalue weighted by Crippen LogP contribution is -2.02. The summed E-state index contributed by atoms with van der Waals surface area (Å²) in [6, 6.07) is 0. The van der Waals surface area contributed by atoms with E-state index in [0.717, 1.165) is 14.4 Å². The van der Waals surface area contributed by atoms with Crippen LogP contribution < -0.4 is 0 Å². The third kappa shape index (κ3) is 3.85. The number of carbonyl (C=O) groups is 1. The van der Waals surface area contributed by atoms with E-state index >= 15 is 0 Å². The SMILES string of the molecule is CCSc1nnc(SCC(=O)OC)s1. The molecule has 0 aliphatic rings. The molecule has 0 atom stereocenters. The van der Waals surface area contributed by atoms with Gasteiger partial charge >= 0.3 is 5.97 Å². The van der Waals surface area contributed by atoms with Gasteiger partial charge in [-0.25, -0.2) is 0 Å². The highest BCUT2D eigenvalue weighted by molar-refractivity contribution is 8.03. The van der Waals surface area contributed by atoms with Gasteiger partial charge in [0.2, 0.25) is 0 Å². The third-order valence-corrected chi connectivity index (χ3v) is 4.24. The van der Waals surface area contributed by atoms with E-state index in [1.807, 2.05) is 0 Å². The third-order valence-electron chi connectivity index (χ3n) is 1.20. The van der Waals surface area contributed by atoms with Gasteiger partial charge in [0.15, 0.2) is 8.68 Å². The van der Waals surface area contributed by atoms with Gasteiger partial charge in [0.1, 0.15) is 0 Å². The first-order chi connectivity index (χ1) is 6.76. The van der Waals surface area contributed by atoms with E-state index in [0.29, 0.717) is 5.75 Å². The van der Waals surface area contributed by atoms with Gasteiger partial charge in [-0.1, -0.05) is 41.8 Å². The number of thioether (sulfide) groups is 2. The Morgan fingerprint density at radius 1 is 1.43 bits per heavy atom. The van der Waals surface area contributed by atoms with E-state index in [1.165, 1.54) is 30.2 Å². The van der Waals surface area contributed by atoms with Crippen LogP contribution in [0.25, 0.3) is 0 Å². The number of carbonyl (C=O) groups excluding carboxylic acids is 1. The Bertz CT molecular complexity index is 303. The van der Waals surface area contributed by atoms with Crippen molar-refractivity contribution in [1.82, 2.24) is 10.2 Å². The van der Waals surface area contributed by atoms with Gasteiger partial charge < -0.3 is 4.74 Å². The quantitative estimate of drug-likeness (QED) is 0.588. The van der Waals surface area contributed by atoms with Crippen molar-refractivity contribution < 1.29 is 9.53 Å². The molecule has 0 bridgehead atoms. The summed E-state index contributed by atoms with van der Waals surface area (Å²) in [6.07, 6.45) is 0. The summed E-state index contributed by atoms with van der Waals surface area (Å²) < 4.78 is 6.27. The molecule has 1 aromatic rings. The van der Waals surface area contributed by atoms with Crippen molar-refractivity contribution in [2.24, 2.45) is 0 Å². The molecule has 0 unspecified atom stereocenters. The zero-order valence-electron chi connectivity index (χ0n) is 7.85. The van der Waals surface area contributed by atoms with Gasteiger partial charge in [-0.2, -0.15) is 0 Å². The fourth-order valence-electron chi connectivity index (χ4n) is 0.617. The maximum atomic E-state index is 10.8. The van der Waals surface area contributed by atoms with Crippen molar-refractivity contribution in [3.63, 3.8) is 0 Å². The average molecular weight is 250 g/mol. The number of rotatable bonds is 5. The standard InChI is InChI=1S/C7H10N2O2S3/c1-3-12-6-8-9-7(14-6)13-4-5(10)11-2/h3-4H2,1-2H3. The monoisotopic (exact) mass is 250 g/mol. The smallest absolute Gasteiger partial charge is 0.316 e. The Kier molecular flexibility index (Phi) is 5.28. The Morgan fingerprint density at radius 3 is 2.64 bits per heavy atom. The Hall–Kier alpha value is -0.270. The largest absolute Gasteiger partial charge is 0.468 e. The van der Waals surface area contributed by atoms with Crippen LogP contribution in [-0.2, 0) is 9.53 Å². The normalized spacial score (nSPS) is 10.1. The lowest BCUT2D eigenvalue weighted by molar-refractivity contribution is -0.137. The lowest BCUT2D eigenvalue weighted by atomic mass is 10.8. The number of ether oxygens (including phenoxy) is 1. The van der Waals surface area contributed by atoms with Crippen LogP contribution in [-0.4, -0.2) is 34.8 Å². The molecule has 0 saturated heterocycles. The minimum absolute atomic E-state index is 0.241. The predicted molar refractivity (Wildman–Crippen MR) is 59.0 cm³/mol. The van der Waals surface area contributed by atoms with Gasteiger partial charge in [0.25, 0.3) is 0 Å². The summed E-state index contributed by atoms with van der Waals surface area (Å²) >= 11 is 4.51.